The molecule has 0 spiro atoms. The number of Topliss-reactive ketones (excluding diaryl/α,β-unsaturated/α-hetero) is 1. The second kappa shape index (κ2) is 7.80. The van der Waals surface area contributed by atoms with E-state index in [2.05, 4.69) is 5.32 Å². The number of imide groups is 1. The van der Waals surface area contributed by atoms with Crippen molar-refractivity contribution in [3.8, 4) is 0 Å². The van der Waals surface area contributed by atoms with Crippen LogP contribution in [0.15, 0.2) is 24.3 Å². The molecular formula is C25H29N3O5S. The van der Waals surface area contributed by atoms with Crippen LogP contribution in [0.2, 0.25) is 0 Å². The Morgan fingerprint density at radius 3 is 2.59 bits per heavy atom. The molecule has 5 rings (SSSR count). The molecule has 34 heavy (non-hydrogen) atoms. The van der Waals surface area contributed by atoms with Crippen LogP contribution in [0.1, 0.15) is 64.2 Å². The summed E-state index contributed by atoms with van der Waals surface area (Å²) in [5, 5.41) is 2.79. The van der Waals surface area contributed by atoms with Gasteiger partial charge in [-0.25, -0.2) is 13.2 Å². The van der Waals surface area contributed by atoms with E-state index in [1.807, 2.05) is 29.7 Å². The molecule has 3 heterocycles. The second-order valence-corrected chi connectivity index (χ2v) is 12.1. The Morgan fingerprint density at radius 2 is 1.88 bits per heavy atom. The number of benzene rings is 1. The molecule has 2 aromatic rings. The second-order valence-electron chi connectivity index (χ2n) is 9.92. The van der Waals surface area contributed by atoms with Gasteiger partial charge in [0.1, 0.15) is 5.54 Å². The number of nitrogens with zero attached hydrogens (tertiary/aromatic N) is 2. The molecule has 8 nitrogen and oxygen atoms in total. The maximum Gasteiger partial charge on any atom is 0.325 e. The number of sulfone groups is 1. The monoisotopic (exact) mass is 483 g/mol. The van der Waals surface area contributed by atoms with E-state index in [9.17, 15) is 22.8 Å². The highest BCUT2D eigenvalue weighted by Crippen LogP contribution is 2.33. The van der Waals surface area contributed by atoms with Gasteiger partial charge in [-0.2, -0.15) is 0 Å². The van der Waals surface area contributed by atoms with Crippen molar-refractivity contribution < 1.29 is 22.8 Å². The molecule has 2 saturated heterocycles. The summed E-state index contributed by atoms with van der Waals surface area (Å²) in [5.74, 6) is -0.591. The van der Waals surface area contributed by atoms with Crippen LogP contribution in [0.3, 0.4) is 0 Å². The Kier molecular flexibility index (Phi) is 5.24. The average Bonchev–Trinajstić information content (AvgIpc) is 3.50. The Labute approximate surface area is 199 Å². The van der Waals surface area contributed by atoms with Gasteiger partial charge in [-0.3, -0.25) is 14.5 Å². The summed E-state index contributed by atoms with van der Waals surface area (Å²) in [6.45, 7) is 4.94. The highest BCUT2D eigenvalue weighted by atomic mass is 32.2. The van der Waals surface area contributed by atoms with E-state index in [1.54, 1.807) is 19.9 Å². The van der Waals surface area contributed by atoms with Gasteiger partial charge in [0.2, 0.25) is 0 Å². The molecule has 0 unspecified atom stereocenters. The summed E-state index contributed by atoms with van der Waals surface area (Å²) in [4.78, 5) is 40.3. The predicted octanol–water partition coefficient (Wildman–Crippen LogP) is 2.60. The normalized spacial score (nSPS) is 25.6. The highest BCUT2D eigenvalue weighted by Gasteiger charge is 2.49. The summed E-state index contributed by atoms with van der Waals surface area (Å²) < 4.78 is 25.8. The lowest BCUT2D eigenvalue weighted by molar-refractivity contribution is -0.130. The van der Waals surface area contributed by atoms with E-state index >= 15 is 0 Å². The van der Waals surface area contributed by atoms with E-state index in [4.69, 9.17) is 0 Å². The maximum absolute atomic E-state index is 13.4. The molecule has 180 valence electrons. The van der Waals surface area contributed by atoms with Gasteiger partial charge in [0.15, 0.2) is 15.6 Å². The van der Waals surface area contributed by atoms with Gasteiger partial charge in [0.25, 0.3) is 5.91 Å². The smallest absolute Gasteiger partial charge is 0.325 e. The minimum Gasteiger partial charge on any atom is -0.344 e. The molecule has 9 heteroatoms. The van der Waals surface area contributed by atoms with Crippen molar-refractivity contribution in [2.24, 2.45) is 0 Å². The Morgan fingerprint density at radius 1 is 1.15 bits per heavy atom. The van der Waals surface area contributed by atoms with Crippen molar-refractivity contribution >= 4 is 27.6 Å². The van der Waals surface area contributed by atoms with Crippen molar-refractivity contribution in [1.29, 1.82) is 0 Å². The van der Waals surface area contributed by atoms with Crippen LogP contribution < -0.4 is 5.32 Å². The van der Waals surface area contributed by atoms with Gasteiger partial charge in [-0.05, 0) is 69.2 Å². The molecule has 2 fully saturated rings. The number of hydrogen-bond donors (Lipinski definition) is 1. The molecule has 3 amide bonds. The first-order chi connectivity index (χ1) is 16.0. The van der Waals surface area contributed by atoms with E-state index in [-0.39, 0.29) is 29.9 Å². The maximum atomic E-state index is 13.4. The third-order valence-electron chi connectivity index (χ3n) is 7.61. The van der Waals surface area contributed by atoms with Gasteiger partial charge in [-0.15, -0.1) is 0 Å². The molecular weight excluding hydrogens is 454 g/mol. The van der Waals surface area contributed by atoms with Crippen LogP contribution in [0.25, 0.3) is 0 Å². The molecule has 3 aliphatic rings. The molecule has 1 aromatic carbocycles. The lowest BCUT2D eigenvalue weighted by Crippen LogP contribution is -2.41. The van der Waals surface area contributed by atoms with Gasteiger partial charge < -0.3 is 9.88 Å². The van der Waals surface area contributed by atoms with Crippen LogP contribution in [-0.4, -0.2) is 53.7 Å². The summed E-state index contributed by atoms with van der Waals surface area (Å²) >= 11 is 0. The topological polar surface area (TPSA) is 106 Å². The van der Waals surface area contributed by atoms with Crippen molar-refractivity contribution in [3.05, 3.63) is 57.9 Å². The van der Waals surface area contributed by atoms with Crippen LogP contribution in [0, 0.1) is 13.8 Å². The Balaban J connectivity index is 1.38. The summed E-state index contributed by atoms with van der Waals surface area (Å²) in [6, 6.07) is 6.84. The number of fused-ring (bicyclic) bond motifs is 1. The number of aryl methyl sites for hydroxylation is 3. The minimum atomic E-state index is -3.08. The van der Waals surface area contributed by atoms with Crippen LogP contribution in [0.4, 0.5) is 4.79 Å². The average molecular weight is 484 g/mol. The standard InChI is InChI=1S/C25H29N3O5S/c1-15-11-21(16(2)28(15)20-9-10-34(32,33)14-20)22(29)13-27-23(30)25(3,26-24(27)31)19-8-7-17-5-4-6-18(17)12-19/h7-8,11-12,20H,4-6,9-10,13-14H2,1-3H3,(H,26,31)/t20-,25-/m0/s1. The number of hydrogen-bond acceptors (Lipinski definition) is 5. The van der Waals surface area contributed by atoms with E-state index in [0.29, 0.717) is 17.7 Å². The molecule has 0 radical (unpaired) electrons. The molecule has 1 N–H and O–H groups in total. The van der Waals surface area contributed by atoms with Crippen LogP contribution in [0.5, 0.6) is 0 Å². The summed E-state index contributed by atoms with van der Waals surface area (Å²) in [7, 11) is -3.08. The SMILES string of the molecule is Cc1cc(C(=O)CN2C(=O)N[C@@](C)(c3ccc4c(c3)CCC4)C2=O)c(C)n1[C@H]1CCS(=O)(=O)C1. The van der Waals surface area contributed by atoms with Crippen molar-refractivity contribution in [2.75, 3.05) is 18.1 Å². The van der Waals surface area contributed by atoms with Gasteiger partial charge in [-0.1, -0.05) is 18.2 Å². The lowest BCUT2D eigenvalue weighted by atomic mass is 9.89. The first-order valence-corrected chi connectivity index (χ1v) is 13.5. The van der Waals surface area contributed by atoms with E-state index < -0.39 is 27.3 Å². The predicted molar refractivity (Wildman–Crippen MR) is 127 cm³/mol. The Hall–Kier alpha value is -2.94. The number of nitrogens with one attached hydrogen (secondary N) is 1. The zero-order valence-electron chi connectivity index (χ0n) is 19.7. The van der Waals surface area contributed by atoms with Gasteiger partial charge in [0, 0.05) is 23.0 Å². The molecule has 1 aromatic heterocycles. The number of carbonyl (C=O) groups is 3. The quantitative estimate of drug-likeness (QED) is 0.520. The van der Waals surface area contributed by atoms with E-state index in [1.165, 1.54) is 11.1 Å². The number of ketones is 1. The number of urea groups is 1. The third-order valence-corrected chi connectivity index (χ3v) is 9.36. The first kappa shape index (κ1) is 22.8. The number of amides is 3. The highest BCUT2D eigenvalue weighted by molar-refractivity contribution is 7.91. The number of aromatic nitrogens is 1. The van der Waals surface area contributed by atoms with Crippen LogP contribution >= 0.6 is 0 Å². The molecule has 2 aliphatic heterocycles. The van der Waals surface area contributed by atoms with E-state index in [0.717, 1.165) is 35.4 Å². The van der Waals surface area contributed by atoms with Crippen LogP contribution in [-0.2, 0) is 33.0 Å². The zero-order valence-corrected chi connectivity index (χ0v) is 20.5. The fourth-order valence-electron chi connectivity index (χ4n) is 5.75. The largest absolute Gasteiger partial charge is 0.344 e. The van der Waals surface area contributed by atoms with Gasteiger partial charge >= 0.3 is 6.03 Å². The minimum absolute atomic E-state index is 0.0587. The molecule has 2 atom stereocenters. The molecule has 0 saturated carbocycles. The first-order valence-electron chi connectivity index (χ1n) is 11.7. The van der Waals surface area contributed by atoms with Crippen molar-refractivity contribution in [2.45, 2.75) is 58.0 Å². The fourth-order valence-corrected chi connectivity index (χ4v) is 7.45. The van der Waals surface area contributed by atoms with Crippen molar-refractivity contribution in [3.63, 3.8) is 0 Å². The van der Waals surface area contributed by atoms with Crippen molar-refractivity contribution in [1.82, 2.24) is 14.8 Å². The fraction of sp³-hybridized carbons (Fsp3) is 0.480. The molecule has 1 aliphatic carbocycles. The lowest BCUT2D eigenvalue weighted by Gasteiger charge is -2.23. The number of rotatable bonds is 5. The third kappa shape index (κ3) is 3.57. The summed E-state index contributed by atoms with van der Waals surface area (Å²) in [6.07, 6.45) is 3.58. The van der Waals surface area contributed by atoms with Gasteiger partial charge in [0.05, 0.1) is 18.1 Å². The zero-order chi connectivity index (χ0) is 24.4. The summed E-state index contributed by atoms with van der Waals surface area (Å²) in [5.41, 5.74) is 3.86. The number of carbonyl (C=O) groups excluding carboxylic acids is 3. The molecule has 0 bridgehead atoms. The Bertz CT molecular complexity index is 1340.